The van der Waals surface area contributed by atoms with Crippen LogP contribution in [-0.2, 0) is 0 Å². The summed E-state index contributed by atoms with van der Waals surface area (Å²) < 4.78 is 0.696. The van der Waals surface area contributed by atoms with E-state index in [9.17, 15) is 4.79 Å². The topological polar surface area (TPSA) is 49.0 Å². The van der Waals surface area contributed by atoms with E-state index >= 15 is 0 Å². The Morgan fingerprint density at radius 3 is 3.00 bits per heavy atom. The number of H-pyrrole nitrogens is 1. The average Bonchev–Trinajstić information content (AvgIpc) is 2.23. The van der Waals surface area contributed by atoms with E-state index in [0.717, 1.165) is 18.3 Å². The first-order valence-corrected chi connectivity index (χ1v) is 6.67. The molecule has 1 saturated heterocycles. The largest absolute Gasteiger partial charge is 0.353 e. The van der Waals surface area contributed by atoms with Crippen LogP contribution < -0.4 is 10.5 Å². The van der Waals surface area contributed by atoms with Crippen molar-refractivity contribution in [3.05, 3.63) is 20.3 Å². The number of hydrogen-bond donors (Lipinski definition) is 1. The van der Waals surface area contributed by atoms with E-state index in [1.165, 1.54) is 19.2 Å². The van der Waals surface area contributed by atoms with Crippen molar-refractivity contribution >= 4 is 28.4 Å². The van der Waals surface area contributed by atoms with Crippen molar-refractivity contribution in [2.45, 2.75) is 32.7 Å². The van der Waals surface area contributed by atoms with Gasteiger partial charge in [-0.25, -0.2) is 4.98 Å². The second kappa shape index (κ2) is 4.73. The maximum Gasteiger partial charge on any atom is 0.266 e. The first-order valence-electron chi connectivity index (χ1n) is 5.59. The Bertz CT molecular complexity index is 431. The number of halogens is 1. The predicted octanol–water partition coefficient (Wildman–Crippen LogP) is 2.00. The number of aromatic amines is 1. The Kier molecular flexibility index (Phi) is 3.51. The highest BCUT2D eigenvalue weighted by atomic mass is 127. The van der Waals surface area contributed by atoms with Crippen LogP contribution in [-0.4, -0.2) is 22.6 Å². The van der Waals surface area contributed by atoms with Crippen LogP contribution in [0.2, 0.25) is 0 Å². The predicted molar refractivity (Wildman–Crippen MR) is 72.8 cm³/mol. The molecule has 5 heteroatoms. The van der Waals surface area contributed by atoms with E-state index in [2.05, 4.69) is 51.3 Å². The van der Waals surface area contributed by atoms with Crippen LogP contribution in [0, 0.1) is 9.49 Å². The maximum absolute atomic E-state index is 11.5. The zero-order valence-corrected chi connectivity index (χ0v) is 11.7. The van der Waals surface area contributed by atoms with Crippen LogP contribution in [0.1, 0.15) is 26.7 Å². The molecule has 0 amide bonds. The third-order valence-electron chi connectivity index (χ3n) is 3.19. The molecular weight excluding hydrogens is 317 g/mol. The summed E-state index contributed by atoms with van der Waals surface area (Å²) in [7, 11) is 0. The molecule has 1 fully saturated rings. The average molecular weight is 333 g/mol. The number of nitrogens with zero attached hydrogens (tertiary/aromatic N) is 2. The Morgan fingerprint density at radius 2 is 2.31 bits per heavy atom. The fraction of sp³-hybridized carbons (Fsp3) is 0.636. The molecule has 0 bridgehead atoms. The van der Waals surface area contributed by atoms with Gasteiger partial charge in [-0.3, -0.25) is 4.79 Å². The molecule has 1 N–H and O–H groups in total. The van der Waals surface area contributed by atoms with Gasteiger partial charge in [0.2, 0.25) is 0 Å². The summed E-state index contributed by atoms with van der Waals surface area (Å²) in [6, 6.07) is 0.464. The molecule has 1 aromatic rings. The number of aromatic nitrogens is 2. The molecule has 16 heavy (non-hydrogen) atoms. The van der Waals surface area contributed by atoms with Crippen LogP contribution in [0.25, 0.3) is 0 Å². The first kappa shape index (κ1) is 11.9. The highest BCUT2D eigenvalue weighted by molar-refractivity contribution is 14.1. The van der Waals surface area contributed by atoms with E-state index in [1.54, 1.807) is 0 Å². The Balaban J connectivity index is 2.30. The molecule has 0 aromatic carbocycles. The lowest BCUT2D eigenvalue weighted by Crippen LogP contribution is -2.42. The second-order valence-electron chi connectivity index (χ2n) is 4.54. The number of rotatable bonds is 1. The van der Waals surface area contributed by atoms with Gasteiger partial charge in [0, 0.05) is 12.6 Å². The molecule has 1 aromatic heterocycles. The van der Waals surface area contributed by atoms with E-state index in [0.29, 0.717) is 9.61 Å². The van der Waals surface area contributed by atoms with Crippen LogP contribution in [0.4, 0.5) is 5.82 Å². The van der Waals surface area contributed by atoms with Crippen LogP contribution in [0.5, 0.6) is 0 Å². The van der Waals surface area contributed by atoms with E-state index in [4.69, 9.17) is 0 Å². The summed E-state index contributed by atoms with van der Waals surface area (Å²) in [4.78, 5) is 20.7. The molecule has 0 radical (unpaired) electrons. The highest BCUT2D eigenvalue weighted by Gasteiger charge is 2.25. The summed E-state index contributed by atoms with van der Waals surface area (Å²) in [5, 5.41) is 0. The zero-order valence-electron chi connectivity index (χ0n) is 9.53. The van der Waals surface area contributed by atoms with Crippen LogP contribution >= 0.6 is 22.6 Å². The summed E-state index contributed by atoms with van der Waals surface area (Å²) in [6.07, 6.45) is 3.84. The Labute approximate surface area is 109 Å². The van der Waals surface area contributed by atoms with Gasteiger partial charge in [0.05, 0.1) is 6.33 Å². The fourth-order valence-corrected chi connectivity index (χ4v) is 2.90. The van der Waals surface area contributed by atoms with Crippen molar-refractivity contribution in [1.82, 2.24) is 9.97 Å². The van der Waals surface area contributed by atoms with Gasteiger partial charge in [-0.05, 0) is 48.3 Å². The lowest BCUT2D eigenvalue weighted by molar-refractivity contribution is 0.375. The molecule has 4 nitrogen and oxygen atoms in total. The lowest BCUT2D eigenvalue weighted by atomic mass is 9.93. The summed E-state index contributed by atoms with van der Waals surface area (Å²) >= 11 is 2.07. The van der Waals surface area contributed by atoms with Gasteiger partial charge in [0.15, 0.2) is 0 Å². The molecule has 1 aliphatic heterocycles. The van der Waals surface area contributed by atoms with Crippen molar-refractivity contribution in [1.29, 1.82) is 0 Å². The summed E-state index contributed by atoms with van der Waals surface area (Å²) in [5.74, 6) is 1.61. The Hall–Kier alpha value is -0.590. The summed E-state index contributed by atoms with van der Waals surface area (Å²) in [5.41, 5.74) is -0.0450. The SMILES string of the molecule is CC1CCN(c2nc[nH]c(=O)c2I)C(C)C1. The van der Waals surface area contributed by atoms with Gasteiger partial charge in [0.25, 0.3) is 5.56 Å². The number of nitrogens with one attached hydrogen (secondary N) is 1. The van der Waals surface area contributed by atoms with Gasteiger partial charge >= 0.3 is 0 Å². The van der Waals surface area contributed by atoms with Gasteiger partial charge < -0.3 is 9.88 Å². The fourth-order valence-electron chi connectivity index (χ4n) is 2.30. The molecule has 88 valence electrons. The van der Waals surface area contributed by atoms with Crippen LogP contribution in [0.15, 0.2) is 11.1 Å². The third-order valence-corrected chi connectivity index (χ3v) is 4.16. The standard InChI is InChI=1S/C11H16IN3O/c1-7-3-4-15(8(2)5-7)10-9(12)11(16)14-6-13-10/h6-8H,3-5H2,1-2H3,(H,13,14,16). The molecule has 1 aliphatic rings. The van der Waals surface area contributed by atoms with Crippen molar-refractivity contribution in [2.24, 2.45) is 5.92 Å². The summed E-state index contributed by atoms with van der Waals surface area (Å²) in [6.45, 7) is 5.48. The molecule has 2 atom stereocenters. The molecule has 2 rings (SSSR count). The number of piperidine rings is 1. The second-order valence-corrected chi connectivity index (χ2v) is 5.62. The van der Waals surface area contributed by atoms with Gasteiger partial charge in [-0.1, -0.05) is 6.92 Å². The van der Waals surface area contributed by atoms with Crippen molar-refractivity contribution in [2.75, 3.05) is 11.4 Å². The van der Waals surface area contributed by atoms with E-state index in [-0.39, 0.29) is 5.56 Å². The quantitative estimate of drug-likeness (QED) is 0.800. The minimum Gasteiger partial charge on any atom is -0.353 e. The van der Waals surface area contributed by atoms with E-state index in [1.807, 2.05) is 0 Å². The lowest BCUT2D eigenvalue weighted by Gasteiger charge is -2.37. The van der Waals surface area contributed by atoms with Gasteiger partial charge in [-0.15, -0.1) is 0 Å². The maximum atomic E-state index is 11.5. The Morgan fingerprint density at radius 1 is 1.56 bits per heavy atom. The third kappa shape index (κ3) is 2.23. The highest BCUT2D eigenvalue weighted by Crippen LogP contribution is 2.27. The molecule has 0 aliphatic carbocycles. The first-order chi connectivity index (χ1) is 7.59. The molecule has 0 saturated carbocycles. The smallest absolute Gasteiger partial charge is 0.266 e. The van der Waals surface area contributed by atoms with Crippen LogP contribution in [0.3, 0.4) is 0 Å². The van der Waals surface area contributed by atoms with Crippen molar-refractivity contribution in [3.63, 3.8) is 0 Å². The molecular formula is C11H16IN3O. The van der Waals surface area contributed by atoms with Gasteiger partial charge in [-0.2, -0.15) is 0 Å². The number of hydrogen-bond acceptors (Lipinski definition) is 3. The minimum atomic E-state index is -0.0450. The number of anilines is 1. The normalized spacial score (nSPS) is 25.8. The van der Waals surface area contributed by atoms with Crippen molar-refractivity contribution < 1.29 is 0 Å². The molecule has 2 unspecified atom stereocenters. The molecule has 2 heterocycles. The van der Waals surface area contributed by atoms with Crippen molar-refractivity contribution in [3.8, 4) is 0 Å². The zero-order chi connectivity index (χ0) is 11.7. The monoisotopic (exact) mass is 333 g/mol. The molecule has 0 spiro atoms. The van der Waals surface area contributed by atoms with Gasteiger partial charge in [0.1, 0.15) is 9.39 Å². The minimum absolute atomic E-state index is 0.0450. The van der Waals surface area contributed by atoms with E-state index < -0.39 is 0 Å².